The molecule has 0 aromatic heterocycles. The van der Waals surface area contributed by atoms with Gasteiger partial charge in [0.25, 0.3) is 0 Å². The lowest BCUT2D eigenvalue weighted by molar-refractivity contribution is -0.127. The van der Waals surface area contributed by atoms with E-state index in [-0.39, 0.29) is 47.5 Å². The van der Waals surface area contributed by atoms with Gasteiger partial charge >= 0.3 is 0 Å². The summed E-state index contributed by atoms with van der Waals surface area (Å²) in [4.78, 5) is 25.4. The summed E-state index contributed by atoms with van der Waals surface area (Å²) in [6, 6.07) is 11.4. The zero-order chi connectivity index (χ0) is 26.2. The molecule has 0 aliphatic rings. The van der Waals surface area contributed by atoms with E-state index < -0.39 is 17.9 Å². The quantitative estimate of drug-likeness (QED) is 0.164. The van der Waals surface area contributed by atoms with Gasteiger partial charge in [0.15, 0.2) is 34.5 Å². The highest BCUT2D eigenvalue weighted by molar-refractivity contribution is 5.95. The summed E-state index contributed by atoms with van der Waals surface area (Å²) >= 11 is 0. The second-order valence-electron chi connectivity index (χ2n) is 8.03. The molecule has 3 aromatic rings. The first-order chi connectivity index (χ1) is 17.1. The second-order valence-corrected chi connectivity index (χ2v) is 8.03. The van der Waals surface area contributed by atoms with E-state index in [2.05, 4.69) is 10.6 Å². The largest absolute Gasteiger partial charge is 0.504 e. The number of phenolic OH excluding ortho intramolecular Hbond substituents is 6. The molecule has 10 heteroatoms. The molecule has 0 heterocycles. The summed E-state index contributed by atoms with van der Waals surface area (Å²) in [7, 11) is 0. The Morgan fingerprint density at radius 2 is 1.28 bits per heavy atom. The molecule has 0 saturated heterocycles. The number of aromatic hydroxyl groups is 6. The fraction of sp³-hybridized carbons (Fsp3) is 0.154. The SMILES string of the molecule is O=C(/C=C/c1ccc(O)c(O)c1)N[C@@H](Cc1ccc(O)c(O)c1)C(=O)NCCc1ccc(O)c(O)c1. The van der Waals surface area contributed by atoms with Gasteiger partial charge in [-0.1, -0.05) is 18.2 Å². The van der Waals surface area contributed by atoms with Gasteiger partial charge in [0.1, 0.15) is 6.04 Å². The zero-order valence-corrected chi connectivity index (χ0v) is 19.0. The Morgan fingerprint density at radius 1 is 0.722 bits per heavy atom. The predicted molar refractivity (Wildman–Crippen MR) is 131 cm³/mol. The van der Waals surface area contributed by atoms with Crippen molar-refractivity contribution in [2.75, 3.05) is 6.54 Å². The van der Waals surface area contributed by atoms with Crippen LogP contribution in [0.3, 0.4) is 0 Å². The van der Waals surface area contributed by atoms with Gasteiger partial charge in [-0.2, -0.15) is 0 Å². The van der Waals surface area contributed by atoms with Crippen LogP contribution in [0.2, 0.25) is 0 Å². The Hall–Kier alpha value is -4.86. The monoisotopic (exact) mass is 494 g/mol. The number of carbonyl (C=O) groups is 2. The summed E-state index contributed by atoms with van der Waals surface area (Å²) in [5.74, 6) is -2.96. The number of nitrogens with one attached hydrogen (secondary N) is 2. The molecule has 0 spiro atoms. The first kappa shape index (κ1) is 25.8. The standard InChI is InChI=1S/C26H26N2O8/c29-19-5-1-15(12-22(19)32)4-8-25(35)28-18(11-17-3-7-21(31)24(34)14-17)26(36)27-10-9-16-2-6-20(30)23(33)13-16/h1-8,12-14,18,29-34H,9-11H2,(H,27,36)(H,28,35)/b8-4+/t18-/m0/s1. The van der Waals surface area contributed by atoms with Crippen LogP contribution >= 0.6 is 0 Å². The summed E-state index contributed by atoms with van der Waals surface area (Å²) in [5.41, 5.74) is 1.61. The van der Waals surface area contributed by atoms with Crippen LogP contribution < -0.4 is 10.6 Å². The van der Waals surface area contributed by atoms with Gasteiger partial charge in [0.05, 0.1) is 0 Å². The molecule has 3 rings (SSSR count). The number of benzene rings is 3. The smallest absolute Gasteiger partial charge is 0.244 e. The van der Waals surface area contributed by atoms with E-state index in [9.17, 15) is 40.2 Å². The molecule has 0 fully saturated rings. The van der Waals surface area contributed by atoms with Crippen LogP contribution in [0, 0.1) is 0 Å². The van der Waals surface area contributed by atoms with Crippen LogP contribution in [0.5, 0.6) is 34.5 Å². The lowest BCUT2D eigenvalue weighted by atomic mass is 10.0. The van der Waals surface area contributed by atoms with Gasteiger partial charge in [-0.15, -0.1) is 0 Å². The van der Waals surface area contributed by atoms with Gasteiger partial charge in [-0.25, -0.2) is 0 Å². The van der Waals surface area contributed by atoms with E-state index in [1.54, 1.807) is 6.07 Å². The van der Waals surface area contributed by atoms with Gasteiger partial charge < -0.3 is 41.3 Å². The Kier molecular flexibility index (Phi) is 8.24. The lowest BCUT2D eigenvalue weighted by Gasteiger charge is -2.18. The maximum absolute atomic E-state index is 12.9. The van der Waals surface area contributed by atoms with E-state index in [0.29, 0.717) is 23.1 Å². The topological polar surface area (TPSA) is 180 Å². The maximum Gasteiger partial charge on any atom is 0.244 e. The van der Waals surface area contributed by atoms with Crippen LogP contribution in [-0.4, -0.2) is 55.0 Å². The molecule has 36 heavy (non-hydrogen) atoms. The molecule has 3 aromatic carbocycles. The molecular weight excluding hydrogens is 468 g/mol. The van der Waals surface area contributed by atoms with Crippen molar-refractivity contribution >= 4 is 17.9 Å². The summed E-state index contributed by atoms with van der Waals surface area (Å²) < 4.78 is 0. The van der Waals surface area contributed by atoms with E-state index in [1.165, 1.54) is 60.7 Å². The van der Waals surface area contributed by atoms with Crippen molar-refractivity contribution < 1.29 is 40.2 Å². The highest BCUT2D eigenvalue weighted by atomic mass is 16.3. The highest BCUT2D eigenvalue weighted by Crippen LogP contribution is 2.27. The molecule has 0 bridgehead atoms. The average molecular weight is 495 g/mol. The van der Waals surface area contributed by atoms with Crippen molar-refractivity contribution in [2.24, 2.45) is 0 Å². The number of hydrogen-bond acceptors (Lipinski definition) is 8. The van der Waals surface area contributed by atoms with Crippen LogP contribution in [0.1, 0.15) is 16.7 Å². The first-order valence-electron chi connectivity index (χ1n) is 10.9. The maximum atomic E-state index is 12.9. The van der Waals surface area contributed by atoms with Crippen molar-refractivity contribution in [1.29, 1.82) is 0 Å². The molecule has 1 atom stereocenters. The van der Waals surface area contributed by atoms with Gasteiger partial charge in [-0.05, 0) is 65.6 Å². The Labute approximate surface area is 206 Å². The number of rotatable bonds is 9. The van der Waals surface area contributed by atoms with E-state index in [4.69, 9.17) is 0 Å². The zero-order valence-electron chi connectivity index (χ0n) is 19.0. The number of amides is 2. The summed E-state index contributed by atoms with van der Waals surface area (Å²) in [6.07, 6.45) is 2.93. The molecule has 0 aliphatic carbocycles. The molecule has 188 valence electrons. The van der Waals surface area contributed by atoms with Crippen LogP contribution in [-0.2, 0) is 22.4 Å². The Morgan fingerprint density at radius 3 is 1.89 bits per heavy atom. The van der Waals surface area contributed by atoms with Crippen LogP contribution in [0.15, 0.2) is 60.7 Å². The number of phenols is 6. The second kappa shape index (κ2) is 11.5. The third kappa shape index (κ3) is 7.07. The van der Waals surface area contributed by atoms with Gasteiger partial charge in [0.2, 0.25) is 11.8 Å². The minimum Gasteiger partial charge on any atom is -0.504 e. The lowest BCUT2D eigenvalue weighted by Crippen LogP contribution is -2.48. The fourth-order valence-corrected chi connectivity index (χ4v) is 3.35. The minimum atomic E-state index is -1.03. The molecule has 0 radical (unpaired) electrons. The van der Waals surface area contributed by atoms with Gasteiger partial charge in [0, 0.05) is 19.0 Å². The third-order valence-electron chi connectivity index (χ3n) is 5.29. The Bertz CT molecular complexity index is 1290. The van der Waals surface area contributed by atoms with Crippen molar-refractivity contribution in [3.63, 3.8) is 0 Å². The predicted octanol–water partition coefficient (Wildman–Crippen LogP) is 2.02. The highest BCUT2D eigenvalue weighted by Gasteiger charge is 2.21. The summed E-state index contributed by atoms with van der Waals surface area (Å²) in [5, 5.41) is 62.6. The van der Waals surface area contributed by atoms with E-state index in [0.717, 1.165) is 0 Å². The Balaban J connectivity index is 1.68. The molecule has 0 unspecified atom stereocenters. The van der Waals surface area contributed by atoms with Crippen molar-refractivity contribution in [1.82, 2.24) is 10.6 Å². The van der Waals surface area contributed by atoms with Crippen LogP contribution in [0.25, 0.3) is 6.08 Å². The third-order valence-corrected chi connectivity index (χ3v) is 5.29. The molecule has 0 aliphatic heterocycles. The van der Waals surface area contributed by atoms with E-state index >= 15 is 0 Å². The molecular formula is C26H26N2O8. The molecule has 10 nitrogen and oxygen atoms in total. The average Bonchev–Trinajstić information content (AvgIpc) is 2.84. The normalized spacial score (nSPS) is 11.8. The van der Waals surface area contributed by atoms with Crippen LogP contribution in [0.4, 0.5) is 0 Å². The summed E-state index contributed by atoms with van der Waals surface area (Å²) in [6.45, 7) is 0.179. The van der Waals surface area contributed by atoms with E-state index in [1.807, 2.05) is 0 Å². The first-order valence-corrected chi connectivity index (χ1v) is 10.9. The van der Waals surface area contributed by atoms with Crippen molar-refractivity contribution in [2.45, 2.75) is 18.9 Å². The number of hydrogen-bond donors (Lipinski definition) is 8. The molecule has 8 N–H and O–H groups in total. The minimum absolute atomic E-state index is 0.0131. The van der Waals surface area contributed by atoms with Gasteiger partial charge in [-0.3, -0.25) is 9.59 Å². The molecule has 0 saturated carbocycles. The molecule has 2 amide bonds. The van der Waals surface area contributed by atoms with Crippen molar-refractivity contribution in [3.05, 3.63) is 77.4 Å². The van der Waals surface area contributed by atoms with Crippen molar-refractivity contribution in [3.8, 4) is 34.5 Å². The number of carbonyl (C=O) groups excluding carboxylic acids is 2. The fourth-order valence-electron chi connectivity index (χ4n) is 3.35.